The average molecular weight is 259 g/mol. The number of nitrogens with zero attached hydrogens (tertiary/aromatic N) is 3. The molecule has 0 atom stereocenters. The molecule has 0 radical (unpaired) electrons. The number of hydrogen-bond donors (Lipinski definition) is 0. The zero-order valence-corrected chi connectivity index (χ0v) is 11.4. The van der Waals surface area contributed by atoms with E-state index in [2.05, 4.69) is 21.0 Å². The molecule has 1 rings (SSSR count). The summed E-state index contributed by atoms with van der Waals surface area (Å²) in [5.74, 6) is 2.07. The Balaban J connectivity index is 3.04. The summed E-state index contributed by atoms with van der Waals surface area (Å²) < 4.78 is 4.64. The summed E-state index contributed by atoms with van der Waals surface area (Å²) in [4.78, 5) is 11.4. The van der Waals surface area contributed by atoms with Crippen LogP contribution in [0.4, 0.5) is 5.69 Å². The van der Waals surface area contributed by atoms with Crippen LogP contribution in [0.2, 0.25) is 0 Å². The zero-order chi connectivity index (χ0) is 14.3. The summed E-state index contributed by atoms with van der Waals surface area (Å²) in [6.07, 6.45) is 5.42. The molecular weight excluding hydrogens is 242 g/mol. The molecule has 0 aliphatic heterocycles. The molecule has 5 nitrogen and oxygen atoms in total. The second-order valence-electron chi connectivity index (χ2n) is 3.70. The van der Waals surface area contributed by atoms with Gasteiger partial charge in [0.05, 0.1) is 18.2 Å². The van der Waals surface area contributed by atoms with Crippen LogP contribution in [0.5, 0.6) is 0 Å². The van der Waals surface area contributed by atoms with E-state index in [-0.39, 0.29) is 0 Å². The first-order valence-corrected chi connectivity index (χ1v) is 6.01. The molecule has 1 aromatic rings. The van der Waals surface area contributed by atoms with E-state index in [9.17, 15) is 4.79 Å². The Labute approximate surface area is 113 Å². The normalized spacial score (nSPS) is 10.2. The van der Waals surface area contributed by atoms with Gasteiger partial charge in [-0.15, -0.1) is 11.5 Å². The molecular formula is C14H17N3O2. The van der Waals surface area contributed by atoms with Crippen molar-refractivity contribution < 1.29 is 9.53 Å². The predicted molar refractivity (Wildman–Crippen MR) is 73.2 cm³/mol. The molecule has 100 valence electrons. The maximum absolute atomic E-state index is 11.4. The summed E-state index contributed by atoms with van der Waals surface area (Å²) >= 11 is 0. The van der Waals surface area contributed by atoms with Crippen LogP contribution in [0, 0.1) is 12.3 Å². The number of carbonyl (C=O) groups excluding carboxylic acids is 1. The van der Waals surface area contributed by atoms with Crippen LogP contribution in [-0.2, 0) is 4.74 Å². The minimum absolute atomic E-state index is 0.400. The van der Waals surface area contributed by atoms with Crippen LogP contribution >= 0.6 is 0 Å². The van der Waals surface area contributed by atoms with Gasteiger partial charge in [-0.1, -0.05) is 11.1 Å². The van der Waals surface area contributed by atoms with Crippen LogP contribution in [0.1, 0.15) is 29.8 Å². The third-order valence-corrected chi connectivity index (χ3v) is 2.58. The van der Waals surface area contributed by atoms with Crippen LogP contribution in [-0.4, -0.2) is 31.2 Å². The van der Waals surface area contributed by atoms with Crippen LogP contribution < -0.4 is 0 Å². The Kier molecular flexibility index (Phi) is 5.55. The van der Waals surface area contributed by atoms with Gasteiger partial charge in [-0.3, -0.25) is 5.01 Å². The van der Waals surface area contributed by atoms with Gasteiger partial charge in [0, 0.05) is 13.1 Å². The largest absolute Gasteiger partial charge is 0.465 e. The fourth-order valence-electron chi connectivity index (χ4n) is 1.45. The SMILES string of the molecule is C#Cc1cc(C(=O)OC)ccc1/N=N/N(CC)CC. The lowest BCUT2D eigenvalue weighted by molar-refractivity contribution is 0.0600. The molecule has 0 unspecified atom stereocenters. The molecule has 0 amide bonds. The molecule has 0 heterocycles. The van der Waals surface area contributed by atoms with Crippen molar-refractivity contribution >= 4 is 11.7 Å². The minimum Gasteiger partial charge on any atom is -0.465 e. The Morgan fingerprint density at radius 2 is 2.11 bits per heavy atom. The van der Waals surface area contributed by atoms with E-state index in [1.54, 1.807) is 23.2 Å². The topological polar surface area (TPSA) is 54.3 Å². The van der Waals surface area contributed by atoms with E-state index < -0.39 is 5.97 Å². The summed E-state index contributed by atoms with van der Waals surface area (Å²) in [7, 11) is 1.33. The van der Waals surface area contributed by atoms with E-state index in [1.807, 2.05) is 13.8 Å². The van der Waals surface area contributed by atoms with Gasteiger partial charge in [0.1, 0.15) is 5.69 Å². The van der Waals surface area contributed by atoms with E-state index in [0.717, 1.165) is 13.1 Å². The maximum Gasteiger partial charge on any atom is 0.337 e. The molecule has 0 saturated heterocycles. The Morgan fingerprint density at radius 1 is 1.42 bits per heavy atom. The highest BCUT2D eigenvalue weighted by atomic mass is 16.5. The number of hydrogen-bond acceptors (Lipinski definition) is 4. The molecule has 0 N–H and O–H groups in total. The van der Waals surface area contributed by atoms with Gasteiger partial charge in [0.25, 0.3) is 0 Å². The second kappa shape index (κ2) is 7.17. The van der Waals surface area contributed by atoms with Crippen molar-refractivity contribution in [2.24, 2.45) is 10.3 Å². The van der Waals surface area contributed by atoms with Crippen molar-refractivity contribution in [3.05, 3.63) is 29.3 Å². The lowest BCUT2D eigenvalue weighted by Crippen LogP contribution is -2.14. The highest BCUT2D eigenvalue weighted by Gasteiger charge is 2.08. The molecule has 1 aromatic carbocycles. The lowest BCUT2D eigenvalue weighted by Gasteiger charge is -2.11. The fourth-order valence-corrected chi connectivity index (χ4v) is 1.45. The standard InChI is InChI=1S/C14H17N3O2/c1-5-11-10-12(14(18)19-4)8-9-13(11)15-16-17(6-2)7-3/h1,8-10H,6-7H2,2-4H3/b16-15+. The van der Waals surface area contributed by atoms with Gasteiger partial charge in [0.2, 0.25) is 0 Å². The quantitative estimate of drug-likeness (QED) is 0.353. The second-order valence-corrected chi connectivity index (χ2v) is 3.70. The van der Waals surface area contributed by atoms with E-state index in [1.165, 1.54) is 7.11 Å². The Hall–Kier alpha value is -2.35. The Morgan fingerprint density at radius 3 is 2.63 bits per heavy atom. The molecule has 0 aliphatic carbocycles. The van der Waals surface area contributed by atoms with Crippen LogP contribution in [0.3, 0.4) is 0 Å². The van der Waals surface area contributed by atoms with Gasteiger partial charge in [0.15, 0.2) is 0 Å². The van der Waals surface area contributed by atoms with E-state index in [0.29, 0.717) is 16.8 Å². The number of ether oxygens (including phenoxy) is 1. The summed E-state index contributed by atoms with van der Waals surface area (Å²) in [6.45, 7) is 5.52. The van der Waals surface area contributed by atoms with Gasteiger partial charge in [-0.2, -0.15) is 0 Å². The monoisotopic (exact) mass is 259 g/mol. The van der Waals surface area contributed by atoms with Gasteiger partial charge in [-0.05, 0) is 32.0 Å². The molecule has 0 aromatic heterocycles. The smallest absolute Gasteiger partial charge is 0.337 e. The molecule has 0 spiro atoms. The van der Waals surface area contributed by atoms with Gasteiger partial charge in [-0.25, -0.2) is 4.79 Å². The van der Waals surface area contributed by atoms with Gasteiger partial charge >= 0.3 is 5.97 Å². The van der Waals surface area contributed by atoms with Crippen LogP contribution in [0.25, 0.3) is 0 Å². The fraction of sp³-hybridized carbons (Fsp3) is 0.357. The Bertz CT molecular complexity index is 514. The van der Waals surface area contributed by atoms with Crippen molar-refractivity contribution in [2.75, 3.05) is 20.2 Å². The first-order chi connectivity index (χ1) is 9.15. The molecule has 5 heteroatoms. The molecule has 19 heavy (non-hydrogen) atoms. The molecule has 0 saturated carbocycles. The van der Waals surface area contributed by atoms with E-state index in [4.69, 9.17) is 6.42 Å². The third-order valence-electron chi connectivity index (χ3n) is 2.58. The number of terminal acetylenes is 1. The minimum atomic E-state index is -0.427. The summed E-state index contributed by atoms with van der Waals surface area (Å²) in [5.41, 5.74) is 1.47. The number of carbonyl (C=O) groups is 1. The van der Waals surface area contributed by atoms with Crippen molar-refractivity contribution in [2.45, 2.75) is 13.8 Å². The van der Waals surface area contributed by atoms with Gasteiger partial charge < -0.3 is 4.74 Å². The first kappa shape index (κ1) is 14.7. The van der Waals surface area contributed by atoms with Crippen molar-refractivity contribution in [1.82, 2.24) is 5.01 Å². The predicted octanol–water partition coefficient (Wildman–Crippen LogP) is 2.80. The molecule has 0 fully saturated rings. The molecule has 0 bridgehead atoms. The number of methoxy groups -OCH3 is 1. The highest BCUT2D eigenvalue weighted by molar-refractivity contribution is 5.90. The molecule has 0 aliphatic rings. The average Bonchev–Trinajstić information content (AvgIpc) is 2.47. The van der Waals surface area contributed by atoms with Crippen molar-refractivity contribution in [1.29, 1.82) is 0 Å². The zero-order valence-electron chi connectivity index (χ0n) is 11.4. The van der Waals surface area contributed by atoms with Crippen molar-refractivity contribution in [3.63, 3.8) is 0 Å². The van der Waals surface area contributed by atoms with Crippen molar-refractivity contribution in [3.8, 4) is 12.3 Å². The van der Waals surface area contributed by atoms with E-state index >= 15 is 0 Å². The summed E-state index contributed by atoms with van der Waals surface area (Å²) in [6, 6.07) is 4.85. The number of benzene rings is 1. The summed E-state index contributed by atoms with van der Waals surface area (Å²) in [5, 5.41) is 9.98. The maximum atomic E-state index is 11.4. The first-order valence-electron chi connectivity index (χ1n) is 6.01. The number of esters is 1. The third kappa shape index (κ3) is 3.81. The lowest BCUT2D eigenvalue weighted by atomic mass is 10.1. The number of rotatable bonds is 5. The van der Waals surface area contributed by atoms with Crippen LogP contribution in [0.15, 0.2) is 28.5 Å². The highest BCUT2D eigenvalue weighted by Crippen LogP contribution is 2.21.